The third-order valence-electron chi connectivity index (χ3n) is 1.89. The number of ether oxygens (including phenoxy) is 1. The minimum Gasteiger partial charge on any atom is -0.634 e. The molecule has 0 spiro atoms. The maximum absolute atomic E-state index is 11.4. The van der Waals surface area contributed by atoms with Crippen molar-refractivity contribution in [1.82, 2.24) is 5.32 Å². The summed E-state index contributed by atoms with van der Waals surface area (Å²) >= 11 is 0. The number of rotatable bonds is 4. The van der Waals surface area contributed by atoms with E-state index in [0.29, 0.717) is 11.6 Å². The first-order chi connectivity index (χ1) is 5.50. The van der Waals surface area contributed by atoms with Crippen LogP contribution in [-0.2, 0) is 4.74 Å². The number of hydrogen-bond acceptors (Lipinski definition) is 3. The zero-order valence-electron chi connectivity index (χ0n) is 8.02. The Morgan fingerprint density at radius 2 is 2.17 bits per heavy atom. The molecule has 1 fully saturated rings. The van der Waals surface area contributed by atoms with E-state index in [1.54, 1.807) is 0 Å². The molecule has 1 saturated heterocycles. The summed E-state index contributed by atoms with van der Waals surface area (Å²) in [5.41, 5.74) is -0.202. The van der Waals surface area contributed by atoms with E-state index in [1.807, 2.05) is 20.8 Å². The molecule has 0 radical (unpaired) electrons. The highest BCUT2D eigenvalue weighted by molar-refractivity contribution is 4.65. The Hall–Kier alpha value is -0.160. The minimum absolute atomic E-state index is 0.202. The van der Waals surface area contributed by atoms with Crippen molar-refractivity contribution in [2.45, 2.75) is 32.5 Å². The zero-order valence-corrected chi connectivity index (χ0v) is 8.02. The Kier molecular flexibility index (Phi) is 3.06. The molecule has 1 heterocycles. The van der Waals surface area contributed by atoms with E-state index < -0.39 is 0 Å². The van der Waals surface area contributed by atoms with E-state index >= 15 is 0 Å². The highest BCUT2D eigenvalue weighted by atomic mass is 16.6. The Labute approximate surface area is 73.5 Å². The lowest BCUT2D eigenvalue weighted by Crippen LogP contribution is -3.15. The molecule has 0 aromatic rings. The Balaban J connectivity index is 2.04. The molecule has 2 atom stereocenters. The molecule has 0 aromatic heterocycles. The van der Waals surface area contributed by atoms with Gasteiger partial charge in [-0.05, 0) is 20.8 Å². The first-order valence-corrected chi connectivity index (χ1v) is 4.38. The van der Waals surface area contributed by atoms with Crippen LogP contribution in [0, 0.1) is 5.21 Å². The Morgan fingerprint density at radius 3 is 2.58 bits per heavy atom. The van der Waals surface area contributed by atoms with Gasteiger partial charge >= 0.3 is 0 Å². The van der Waals surface area contributed by atoms with Crippen LogP contribution in [0.2, 0.25) is 0 Å². The van der Waals surface area contributed by atoms with Crippen LogP contribution >= 0.6 is 0 Å². The summed E-state index contributed by atoms with van der Waals surface area (Å²) in [5.74, 6) is 0. The standard InChI is InChI=1S/C8H18N2O2/c1-8(2,3)10(11)5-4-9-7-6-12-7/h7,9-10H,4-6H2,1-3H3. The smallest absolute Gasteiger partial charge is 0.132 e. The lowest BCUT2D eigenvalue weighted by molar-refractivity contribution is -0.897. The second-order valence-corrected chi connectivity index (χ2v) is 4.20. The first kappa shape index (κ1) is 9.92. The van der Waals surface area contributed by atoms with E-state index in [0.717, 1.165) is 13.2 Å². The van der Waals surface area contributed by atoms with Gasteiger partial charge in [-0.25, -0.2) is 0 Å². The van der Waals surface area contributed by atoms with Gasteiger partial charge in [-0.2, -0.15) is 0 Å². The first-order valence-electron chi connectivity index (χ1n) is 4.38. The largest absolute Gasteiger partial charge is 0.634 e. The van der Waals surface area contributed by atoms with E-state index in [2.05, 4.69) is 5.32 Å². The lowest BCUT2D eigenvalue weighted by atomic mass is 10.1. The minimum atomic E-state index is -0.202. The number of epoxide rings is 1. The van der Waals surface area contributed by atoms with Gasteiger partial charge in [-0.3, -0.25) is 5.32 Å². The molecule has 2 unspecified atom stereocenters. The van der Waals surface area contributed by atoms with E-state index in [-0.39, 0.29) is 11.8 Å². The Morgan fingerprint density at radius 1 is 1.58 bits per heavy atom. The van der Waals surface area contributed by atoms with Crippen molar-refractivity contribution in [2.75, 3.05) is 19.7 Å². The molecule has 4 nitrogen and oxygen atoms in total. The fourth-order valence-corrected chi connectivity index (χ4v) is 0.888. The molecular formula is C8H18N2O2. The molecule has 0 aromatic carbocycles. The molecule has 1 rings (SSSR count). The number of hydroxylamine groups is 2. The van der Waals surface area contributed by atoms with E-state index in [4.69, 9.17) is 4.74 Å². The summed E-state index contributed by atoms with van der Waals surface area (Å²) < 4.78 is 4.95. The average Bonchev–Trinajstić information content (AvgIpc) is 2.69. The van der Waals surface area contributed by atoms with Gasteiger partial charge in [0.1, 0.15) is 6.23 Å². The molecule has 2 N–H and O–H groups in total. The van der Waals surface area contributed by atoms with Crippen LogP contribution in [0.5, 0.6) is 0 Å². The maximum atomic E-state index is 11.4. The lowest BCUT2D eigenvalue weighted by Gasteiger charge is -2.35. The predicted octanol–water partition coefficient (Wildman–Crippen LogP) is -0.886. The fraction of sp³-hybridized carbons (Fsp3) is 1.00. The third-order valence-corrected chi connectivity index (χ3v) is 1.89. The van der Waals surface area contributed by atoms with Crippen LogP contribution in [0.25, 0.3) is 0 Å². The summed E-state index contributed by atoms with van der Waals surface area (Å²) in [6.07, 6.45) is 0.220. The van der Waals surface area contributed by atoms with Gasteiger partial charge < -0.3 is 15.0 Å². The number of nitrogens with one attached hydrogen (secondary N) is 2. The molecule has 72 valence electrons. The molecule has 1 aliphatic rings. The Bertz CT molecular complexity index is 140. The molecule has 0 amide bonds. The van der Waals surface area contributed by atoms with Crippen LogP contribution in [0.4, 0.5) is 0 Å². The summed E-state index contributed by atoms with van der Waals surface area (Å²) in [5, 5.41) is 14.8. The van der Waals surface area contributed by atoms with Crippen LogP contribution in [-0.4, -0.2) is 31.5 Å². The van der Waals surface area contributed by atoms with Crippen molar-refractivity contribution in [1.29, 1.82) is 0 Å². The van der Waals surface area contributed by atoms with Gasteiger partial charge in [0.25, 0.3) is 0 Å². The predicted molar refractivity (Wildman–Crippen MR) is 46.7 cm³/mol. The van der Waals surface area contributed by atoms with Gasteiger partial charge in [0.05, 0.1) is 18.7 Å². The third kappa shape index (κ3) is 3.49. The molecule has 4 heteroatoms. The van der Waals surface area contributed by atoms with Crippen LogP contribution in [0.15, 0.2) is 0 Å². The molecule has 0 bridgehead atoms. The number of quaternary nitrogens is 1. The maximum Gasteiger partial charge on any atom is 0.132 e. The fourth-order valence-electron chi connectivity index (χ4n) is 0.888. The average molecular weight is 174 g/mol. The normalized spacial score (nSPS) is 25.5. The topological polar surface area (TPSA) is 52.1 Å². The number of hydrogen-bond donors (Lipinski definition) is 2. The van der Waals surface area contributed by atoms with Crippen molar-refractivity contribution < 1.29 is 9.80 Å². The molecule has 12 heavy (non-hydrogen) atoms. The molecule has 0 aliphatic carbocycles. The van der Waals surface area contributed by atoms with Gasteiger partial charge in [-0.1, -0.05) is 0 Å². The van der Waals surface area contributed by atoms with Crippen molar-refractivity contribution in [3.63, 3.8) is 0 Å². The molecule has 1 aliphatic heterocycles. The monoisotopic (exact) mass is 174 g/mol. The second kappa shape index (κ2) is 3.70. The van der Waals surface area contributed by atoms with Gasteiger partial charge in [0.2, 0.25) is 0 Å². The van der Waals surface area contributed by atoms with Crippen molar-refractivity contribution >= 4 is 0 Å². The highest BCUT2D eigenvalue weighted by Gasteiger charge is 2.22. The molecule has 0 saturated carbocycles. The second-order valence-electron chi connectivity index (χ2n) is 4.20. The van der Waals surface area contributed by atoms with Crippen molar-refractivity contribution in [3.8, 4) is 0 Å². The zero-order chi connectivity index (χ0) is 9.19. The van der Waals surface area contributed by atoms with Crippen molar-refractivity contribution in [3.05, 3.63) is 5.21 Å². The van der Waals surface area contributed by atoms with E-state index in [1.165, 1.54) is 0 Å². The van der Waals surface area contributed by atoms with Crippen LogP contribution < -0.4 is 10.4 Å². The summed E-state index contributed by atoms with van der Waals surface area (Å²) in [4.78, 5) is 0. The van der Waals surface area contributed by atoms with Crippen LogP contribution in [0.3, 0.4) is 0 Å². The summed E-state index contributed by atoms with van der Waals surface area (Å²) in [6.45, 7) is 7.97. The summed E-state index contributed by atoms with van der Waals surface area (Å²) in [6, 6.07) is 0. The van der Waals surface area contributed by atoms with Gasteiger partial charge in [0, 0.05) is 6.54 Å². The van der Waals surface area contributed by atoms with Gasteiger partial charge in [-0.15, -0.1) is 0 Å². The SMILES string of the molecule is CC(C)(C)[NH+]([O-])CCNC1CO1. The van der Waals surface area contributed by atoms with Crippen molar-refractivity contribution in [2.24, 2.45) is 0 Å². The van der Waals surface area contributed by atoms with Gasteiger partial charge in [0.15, 0.2) is 0 Å². The van der Waals surface area contributed by atoms with E-state index in [9.17, 15) is 5.21 Å². The summed E-state index contributed by atoms with van der Waals surface area (Å²) in [7, 11) is 0. The quantitative estimate of drug-likeness (QED) is 0.429. The molecular weight excluding hydrogens is 156 g/mol. The highest BCUT2D eigenvalue weighted by Crippen LogP contribution is 2.02. The van der Waals surface area contributed by atoms with Crippen LogP contribution in [0.1, 0.15) is 20.8 Å².